The van der Waals surface area contributed by atoms with Crippen molar-refractivity contribution in [3.8, 4) is 0 Å². The van der Waals surface area contributed by atoms with Gasteiger partial charge < -0.3 is 14.7 Å². The first-order chi connectivity index (χ1) is 11.6. The zero-order chi connectivity index (χ0) is 18.7. The second kappa shape index (κ2) is 8.33. The van der Waals surface area contributed by atoms with Crippen molar-refractivity contribution in [1.82, 2.24) is 5.06 Å². The third kappa shape index (κ3) is 5.39. The molecule has 1 unspecified atom stereocenters. The lowest BCUT2D eigenvalue weighted by Crippen LogP contribution is -2.60. The zero-order valence-electron chi connectivity index (χ0n) is 15.4. The first-order valence-electron chi connectivity index (χ1n) is 8.60. The van der Waals surface area contributed by atoms with Crippen LogP contribution < -0.4 is 0 Å². The molecule has 1 fully saturated rings. The average Bonchev–Trinajstić information content (AvgIpc) is 2.56. The Labute approximate surface area is 163 Å². The number of ether oxygens (including phenoxy) is 2. The Hall–Kier alpha value is -0.700. The zero-order valence-corrected chi connectivity index (χ0v) is 17.5. The van der Waals surface area contributed by atoms with Gasteiger partial charge in [-0.25, -0.2) is 0 Å². The van der Waals surface area contributed by atoms with E-state index in [4.69, 9.17) is 9.47 Å². The Balaban J connectivity index is 1.77. The summed E-state index contributed by atoms with van der Waals surface area (Å²) in [6.45, 7) is 8.63. The fraction of sp³-hybridized carbons (Fsp3) is 0.632. The Morgan fingerprint density at radius 2 is 1.76 bits per heavy atom. The molecule has 0 aromatic heterocycles. The monoisotopic (exact) mass is 461 g/mol. The number of hydrogen-bond donors (Lipinski definition) is 1. The molecule has 1 N–H and O–H groups in total. The largest absolute Gasteiger partial charge is 0.462 e. The minimum absolute atomic E-state index is 0.0385. The molecule has 0 spiro atoms. The summed E-state index contributed by atoms with van der Waals surface area (Å²) < 4.78 is 11.0. The normalized spacial score (nSPS) is 21.7. The SMILES string of the molecule is CC1(C)CC(OCCOC(=O)C(I)c2ccccc2)CC(C)(C)N1O. The highest BCUT2D eigenvalue weighted by atomic mass is 127. The van der Waals surface area contributed by atoms with Crippen LogP contribution in [-0.4, -0.2) is 46.6 Å². The first kappa shape index (κ1) is 20.6. The van der Waals surface area contributed by atoms with Gasteiger partial charge in [0.2, 0.25) is 0 Å². The smallest absolute Gasteiger partial charge is 0.323 e. The lowest BCUT2D eigenvalue weighted by molar-refractivity contribution is -0.261. The molecule has 1 atom stereocenters. The van der Waals surface area contributed by atoms with Crippen LogP contribution in [0, 0.1) is 0 Å². The van der Waals surface area contributed by atoms with Crippen LogP contribution in [-0.2, 0) is 14.3 Å². The molecule has 0 radical (unpaired) electrons. The lowest BCUT2D eigenvalue weighted by atomic mass is 9.80. The van der Waals surface area contributed by atoms with E-state index in [1.807, 2.05) is 58.0 Å². The van der Waals surface area contributed by atoms with Gasteiger partial charge in [-0.1, -0.05) is 52.9 Å². The van der Waals surface area contributed by atoms with Gasteiger partial charge in [0.15, 0.2) is 0 Å². The van der Waals surface area contributed by atoms with E-state index in [9.17, 15) is 10.0 Å². The number of rotatable bonds is 6. The van der Waals surface area contributed by atoms with Crippen molar-refractivity contribution in [1.29, 1.82) is 0 Å². The van der Waals surface area contributed by atoms with Gasteiger partial charge in [-0.05, 0) is 46.1 Å². The molecule has 1 saturated heterocycles. The summed E-state index contributed by atoms with van der Waals surface area (Å²) in [4.78, 5) is 12.1. The van der Waals surface area contributed by atoms with Crippen LogP contribution in [0.4, 0.5) is 0 Å². The standard InChI is InChI=1S/C19H28INO4/c1-18(2)12-15(13-19(3,4)21(18)23)24-10-11-25-17(22)16(20)14-8-6-5-7-9-14/h5-9,15-16,23H,10-13H2,1-4H3. The van der Waals surface area contributed by atoms with E-state index in [0.29, 0.717) is 6.61 Å². The molecule has 1 aliphatic heterocycles. The predicted molar refractivity (Wildman–Crippen MR) is 105 cm³/mol. The van der Waals surface area contributed by atoms with Gasteiger partial charge in [-0.15, -0.1) is 0 Å². The van der Waals surface area contributed by atoms with Crippen LogP contribution in [0.1, 0.15) is 50.0 Å². The second-order valence-electron chi connectivity index (χ2n) is 7.78. The van der Waals surface area contributed by atoms with Gasteiger partial charge in [-0.2, -0.15) is 5.06 Å². The lowest BCUT2D eigenvalue weighted by Gasteiger charge is -2.51. The summed E-state index contributed by atoms with van der Waals surface area (Å²) in [7, 11) is 0. The highest BCUT2D eigenvalue weighted by Gasteiger charge is 2.45. The van der Waals surface area contributed by atoms with Crippen LogP contribution in [0.2, 0.25) is 0 Å². The Morgan fingerprint density at radius 1 is 1.20 bits per heavy atom. The number of hydrogen-bond acceptors (Lipinski definition) is 5. The van der Waals surface area contributed by atoms with Crippen LogP contribution in [0.15, 0.2) is 30.3 Å². The van der Waals surface area contributed by atoms with Crippen LogP contribution in [0.3, 0.4) is 0 Å². The predicted octanol–water partition coefficient (Wildman–Crippen LogP) is 4.13. The van der Waals surface area contributed by atoms with E-state index < -0.39 is 0 Å². The topological polar surface area (TPSA) is 59.0 Å². The maximum Gasteiger partial charge on any atom is 0.323 e. The van der Waals surface area contributed by atoms with E-state index in [1.54, 1.807) is 0 Å². The number of nitrogens with zero attached hydrogens (tertiary/aromatic N) is 1. The van der Waals surface area contributed by atoms with Gasteiger partial charge >= 0.3 is 5.97 Å². The molecular formula is C19H28INO4. The molecule has 0 bridgehead atoms. The third-order valence-corrected chi connectivity index (χ3v) is 5.81. The number of carbonyl (C=O) groups is 1. The summed E-state index contributed by atoms with van der Waals surface area (Å²) in [5.41, 5.74) is 0.251. The summed E-state index contributed by atoms with van der Waals surface area (Å²) in [5.74, 6) is -0.249. The molecule has 0 aliphatic carbocycles. The van der Waals surface area contributed by atoms with Crippen LogP contribution in [0.25, 0.3) is 0 Å². The minimum Gasteiger partial charge on any atom is -0.462 e. The number of alkyl halides is 1. The molecule has 5 nitrogen and oxygen atoms in total. The first-order valence-corrected chi connectivity index (χ1v) is 9.84. The minimum atomic E-state index is -0.344. The molecule has 6 heteroatoms. The Morgan fingerprint density at radius 3 is 2.32 bits per heavy atom. The summed E-state index contributed by atoms with van der Waals surface area (Å²) in [5, 5.41) is 11.7. The van der Waals surface area contributed by atoms with Crippen molar-refractivity contribution in [3.05, 3.63) is 35.9 Å². The number of piperidine rings is 1. The Kier molecular flexibility index (Phi) is 6.87. The van der Waals surface area contributed by atoms with Crippen molar-refractivity contribution < 1.29 is 19.5 Å². The van der Waals surface area contributed by atoms with Crippen molar-refractivity contribution >= 4 is 28.6 Å². The molecule has 1 aromatic rings. The van der Waals surface area contributed by atoms with E-state index in [2.05, 4.69) is 22.6 Å². The quantitative estimate of drug-likeness (QED) is 0.299. The number of halogens is 1. The van der Waals surface area contributed by atoms with Crippen molar-refractivity contribution in [2.75, 3.05) is 13.2 Å². The highest BCUT2D eigenvalue weighted by molar-refractivity contribution is 14.1. The summed E-state index contributed by atoms with van der Waals surface area (Å²) in [6, 6.07) is 9.58. The molecule has 1 heterocycles. The van der Waals surface area contributed by atoms with Gasteiger partial charge in [0.25, 0.3) is 0 Å². The molecule has 2 rings (SSSR count). The van der Waals surface area contributed by atoms with E-state index in [0.717, 1.165) is 18.4 Å². The summed E-state index contributed by atoms with van der Waals surface area (Å²) >= 11 is 2.09. The Bertz CT molecular complexity index is 558. The maximum atomic E-state index is 12.1. The van der Waals surface area contributed by atoms with Crippen molar-refractivity contribution in [3.63, 3.8) is 0 Å². The molecule has 1 aliphatic rings. The van der Waals surface area contributed by atoms with Gasteiger partial charge in [-0.3, -0.25) is 4.79 Å². The average molecular weight is 461 g/mol. The highest BCUT2D eigenvalue weighted by Crippen LogP contribution is 2.37. The van der Waals surface area contributed by atoms with Gasteiger partial charge in [0.05, 0.1) is 12.7 Å². The number of carbonyl (C=O) groups excluding carboxylic acids is 1. The fourth-order valence-electron chi connectivity index (χ4n) is 3.48. The number of benzene rings is 1. The van der Waals surface area contributed by atoms with Gasteiger partial charge in [0, 0.05) is 11.1 Å². The number of hydroxylamine groups is 2. The molecule has 0 amide bonds. The fourth-order valence-corrected chi connectivity index (χ4v) is 4.08. The summed E-state index contributed by atoms with van der Waals surface area (Å²) in [6.07, 6.45) is 1.51. The molecule has 0 saturated carbocycles. The molecular weight excluding hydrogens is 433 g/mol. The van der Waals surface area contributed by atoms with Crippen molar-refractivity contribution in [2.45, 2.75) is 61.6 Å². The van der Waals surface area contributed by atoms with E-state index in [1.165, 1.54) is 5.06 Å². The van der Waals surface area contributed by atoms with E-state index >= 15 is 0 Å². The van der Waals surface area contributed by atoms with Gasteiger partial charge in [0.1, 0.15) is 10.5 Å². The van der Waals surface area contributed by atoms with Crippen LogP contribution in [0.5, 0.6) is 0 Å². The second-order valence-corrected chi connectivity index (χ2v) is 9.02. The van der Waals surface area contributed by atoms with Crippen LogP contribution >= 0.6 is 22.6 Å². The van der Waals surface area contributed by atoms with Crippen molar-refractivity contribution in [2.24, 2.45) is 0 Å². The third-order valence-electron chi connectivity index (χ3n) is 4.58. The molecule has 1 aromatic carbocycles. The van der Waals surface area contributed by atoms with E-state index in [-0.39, 0.29) is 33.7 Å². The molecule has 140 valence electrons. The number of esters is 1. The maximum absolute atomic E-state index is 12.1. The molecule has 25 heavy (non-hydrogen) atoms.